The van der Waals surface area contributed by atoms with E-state index in [-0.39, 0.29) is 15.4 Å². The molecule has 2 aromatic rings. The molecule has 1 aliphatic rings. The van der Waals surface area contributed by atoms with E-state index in [1.807, 2.05) is 24.3 Å². The average molecular weight is 393 g/mol. The number of thiophene rings is 1. The molecule has 0 amide bonds. The lowest BCUT2D eigenvalue weighted by Crippen LogP contribution is -2.10. The van der Waals surface area contributed by atoms with Gasteiger partial charge in [0.2, 0.25) is 9.84 Å². The van der Waals surface area contributed by atoms with Gasteiger partial charge in [0.15, 0.2) is 0 Å². The molecule has 4 nitrogen and oxygen atoms in total. The van der Waals surface area contributed by atoms with Crippen LogP contribution in [0.3, 0.4) is 0 Å². The molecule has 1 aliphatic heterocycles. The summed E-state index contributed by atoms with van der Waals surface area (Å²) < 4.78 is 26.5. The van der Waals surface area contributed by atoms with Crippen LogP contribution in [0.1, 0.15) is 35.8 Å². The Labute approximate surface area is 162 Å². The molecule has 3 rings (SSSR count). The van der Waals surface area contributed by atoms with Crippen LogP contribution in [0, 0.1) is 22.7 Å². The van der Waals surface area contributed by atoms with Crippen LogP contribution in [0.2, 0.25) is 0 Å². The highest BCUT2D eigenvalue weighted by Gasteiger charge is 2.31. The molecule has 0 atom stereocenters. The molecule has 0 saturated carbocycles. The molecule has 134 valence electrons. The number of allylic oxidation sites excluding steroid dienone is 4. The largest absolute Gasteiger partial charge is 0.218 e. The molecule has 0 aliphatic carbocycles. The van der Waals surface area contributed by atoms with Gasteiger partial charge in [-0.25, -0.2) is 8.42 Å². The van der Waals surface area contributed by atoms with Crippen molar-refractivity contribution in [3.63, 3.8) is 0 Å². The quantitative estimate of drug-likeness (QED) is 0.686. The summed E-state index contributed by atoms with van der Waals surface area (Å²) in [5, 5.41) is 20.3. The summed E-state index contributed by atoms with van der Waals surface area (Å²) in [6.07, 6.45) is 2.83. The number of rotatable bonds is 3. The highest BCUT2D eigenvalue weighted by molar-refractivity contribution is 8.09. The third-order valence-corrected chi connectivity index (χ3v) is 7.17. The van der Waals surface area contributed by atoms with Crippen molar-refractivity contribution in [2.45, 2.75) is 19.8 Å². The van der Waals surface area contributed by atoms with Gasteiger partial charge in [-0.15, -0.1) is 11.3 Å². The second-order valence-electron chi connectivity index (χ2n) is 6.33. The maximum atomic E-state index is 13.3. The summed E-state index contributed by atoms with van der Waals surface area (Å²) in [4.78, 5) is 0.787. The predicted octanol–water partition coefficient (Wildman–Crippen LogP) is 5.03. The van der Waals surface area contributed by atoms with E-state index in [0.29, 0.717) is 21.9 Å². The van der Waals surface area contributed by atoms with Crippen LogP contribution in [0.25, 0.3) is 9.81 Å². The zero-order valence-electron chi connectivity index (χ0n) is 14.8. The lowest BCUT2D eigenvalue weighted by atomic mass is 10.0. The van der Waals surface area contributed by atoms with Crippen molar-refractivity contribution in [3.05, 3.63) is 81.1 Å². The molecule has 1 aromatic carbocycles. The van der Waals surface area contributed by atoms with Gasteiger partial charge in [-0.05, 0) is 40.6 Å². The van der Waals surface area contributed by atoms with Gasteiger partial charge in [-0.2, -0.15) is 10.5 Å². The first-order valence-corrected chi connectivity index (χ1v) is 10.6. The molecule has 0 N–H and O–H groups in total. The molecule has 1 aromatic heterocycles. The highest BCUT2D eigenvalue weighted by Crippen LogP contribution is 2.40. The fourth-order valence-electron chi connectivity index (χ4n) is 2.79. The molecule has 0 fully saturated rings. The van der Waals surface area contributed by atoms with Crippen LogP contribution >= 0.6 is 11.3 Å². The van der Waals surface area contributed by atoms with Gasteiger partial charge in [0.05, 0.1) is 9.81 Å². The van der Waals surface area contributed by atoms with E-state index in [1.165, 1.54) is 23.5 Å². The number of nitrogens with zero attached hydrogens (tertiary/aromatic N) is 2. The maximum absolute atomic E-state index is 13.3. The number of sulfone groups is 1. The van der Waals surface area contributed by atoms with E-state index in [0.717, 1.165) is 5.56 Å². The highest BCUT2D eigenvalue weighted by atomic mass is 32.2. The molecular formula is C21H16N2O2S2. The third-order valence-electron chi connectivity index (χ3n) is 4.29. The van der Waals surface area contributed by atoms with Gasteiger partial charge in [-0.3, -0.25) is 0 Å². The van der Waals surface area contributed by atoms with Crippen molar-refractivity contribution in [3.8, 4) is 12.1 Å². The normalized spacial score (nSPS) is 15.5. The summed E-state index contributed by atoms with van der Waals surface area (Å²) >= 11 is 1.30. The van der Waals surface area contributed by atoms with E-state index in [2.05, 4.69) is 13.8 Å². The Balaban J connectivity index is 2.25. The first-order valence-electron chi connectivity index (χ1n) is 8.25. The molecule has 0 radical (unpaired) electrons. The Morgan fingerprint density at radius 1 is 1.00 bits per heavy atom. The van der Waals surface area contributed by atoms with E-state index in [9.17, 15) is 18.9 Å². The minimum Gasteiger partial charge on any atom is -0.218 e. The van der Waals surface area contributed by atoms with Gasteiger partial charge >= 0.3 is 0 Å². The van der Waals surface area contributed by atoms with Crippen molar-refractivity contribution < 1.29 is 8.42 Å². The summed E-state index contributed by atoms with van der Waals surface area (Å²) in [5.74, 6) is 0.330. The van der Waals surface area contributed by atoms with Crippen LogP contribution in [0.15, 0.2) is 65.1 Å². The smallest absolute Gasteiger partial charge is 0.208 e. The van der Waals surface area contributed by atoms with Gasteiger partial charge in [0, 0.05) is 10.5 Å². The van der Waals surface area contributed by atoms with Crippen LogP contribution < -0.4 is 0 Å². The molecule has 0 bridgehead atoms. The SMILES string of the molecule is CC(C)c1ccc(C2=CC(=C(C#N)C#N)C=C(c3cccs3)S2(=O)=O)cc1. The van der Waals surface area contributed by atoms with Crippen LogP contribution in [0.5, 0.6) is 0 Å². The van der Waals surface area contributed by atoms with Crippen molar-refractivity contribution in [2.24, 2.45) is 0 Å². The molecule has 0 unspecified atom stereocenters. The standard InChI is InChI=1S/C21H16N2O2S2/c1-14(2)15-5-7-16(8-6-15)20-10-17(18(12-22)13-23)11-21(27(20,24)25)19-4-3-9-26-19/h3-11,14H,1-2H3. The zero-order valence-corrected chi connectivity index (χ0v) is 16.4. The Kier molecular flexibility index (Phi) is 5.14. The van der Waals surface area contributed by atoms with E-state index < -0.39 is 9.84 Å². The van der Waals surface area contributed by atoms with Gasteiger partial charge in [-0.1, -0.05) is 44.2 Å². The molecule has 0 spiro atoms. The summed E-state index contributed by atoms with van der Waals surface area (Å²) in [6, 6.07) is 14.5. The van der Waals surface area contributed by atoms with Gasteiger partial charge < -0.3 is 0 Å². The van der Waals surface area contributed by atoms with Crippen LogP contribution in [0.4, 0.5) is 0 Å². The number of benzene rings is 1. The van der Waals surface area contributed by atoms with Crippen LogP contribution in [-0.2, 0) is 9.84 Å². The Bertz CT molecular complexity index is 1130. The van der Waals surface area contributed by atoms with E-state index in [4.69, 9.17) is 0 Å². The molecule has 6 heteroatoms. The maximum Gasteiger partial charge on any atom is 0.208 e. The van der Waals surface area contributed by atoms with E-state index in [1.54, 1.807) is 29.6 Å². The van der Waals surface area contributed by atoms with Crippen LogP contribution in [-0.4, -0.2) is 8.42 Å². The summed E-state index contributed by atoms with van der Waals surface area (Å²) in [6.45, 7) is 4.13. The van der Waals surface area contributed by atoms with Gasteiger partial charge in [0.1, 0.15) is 17.7 Å². The third kappa shape index (κ3) is 3.50. The Morgan fingerprint density at radius 2 is 1.63 bits per heavy atom. The Morgan fingerprint density at radius 3 is 2.15 bits per heavy atom. The minimum atomic E-state index is -3.78. The van der Waals surface area contributed by atoms with Crippen molar-refractivity contribution in [2.75, 3.05) is 0 Å². The second kappa shape index (κ2) is 7.36. The number of hydrogen-bond acceptors (Lipinski definition) is 5. The fraction of sp³-hybridized carbons (Fsp3) is 0.143. The molecular weight excluding hydrogens is 376 g/mol. The monoisotopic (exact) mass is 392 g/mol. The van der Waals surface area contributed by atoms with Crippen molar-refractivity contribution in [1.29, 1.82) is 10.5 Å². The number of hydrogen-bond donors (Lipinski definition) is 0. The molecule has 27 heavy (non-hydrogen) atoms. The second-order valence-corrected chi connectivity index (χ2v) is 9.16. The first-order chi connectivity index (χ1) is 12.9. The topological polar surface area (TPSA) is 81.7 Å². The van der Waals surface area contributed by atoms with E-state index >= 15 is 0 Å². The van der Waals surface area contributed by atoms with Gasteiger partial charge in [0.25, 0.3) is 0 Å². The van der Waals surface area contributed by atoms with Crippen molar-refractivity contribution in [1.82, 2.24) is 0 Å². The Hall–Kier alpha value is -2.93. The number of nitriles is 2. The molecule has 2 heterocycles. The lowest BCUT2D eigenvalue weighted by Gasteiger charge is -2.18. The molecule has 0 saturated heterocycles. The average Bonchev–Trinajstić information content (AvgIpc) is 3.17. The first kappa shape index (κ1) is 18.8. The summed E-state index contributed by atoms with van der Waals surface area (Å²) in [5.41, 5.74) is 1.83. The lowest BCUT2D eigenvalue weighted by molar-refractivity contribution is 0.614. The van der Waals surface area contributed by atoms with Crippen molar-refractivity contribution >= 4 is 31.0 Å². The predicted molar refractivity (Wildman–Crippen MR) is 108 cm³/mol. The zero-order chi connectivity index (χ0) is 19.6. The summed E-state index contributed by atoms with van der Waals surface area (Å²) in [7, 11) is -3.78. The minimum absolute atomic E-state index is 0.0988. The fourth-order valence-corrected chi connectivity index (χ4v) is 5.48.